The predicted octanol–water partition coefficient (Wildman–Crippen LogP) is 1.12. The quantitative estimate of drug-likeness (QED) is 0.746. The molecule has 18 heavy (non-hydrogen) atoms. The molecule has 4 unspecified atom stereocenters. The van der Waals surface area contributed by atoms with Crippen LogP contribution in [0.15, 0.2) is 0 Å². The highest BCUT2D eigenvalue weighted by Crippen LogP contribution is 2.34. The minimum atomic E-state index is -0.0532. The molecule has 104 valence electrons. The van der Waals surface area contributed by atoms with Gasteiger partial charge in [0.05, 0.1) is 12.5 Å². The first-order chi connectivity index (χ1) is 8.67. The lowest BCUT2D eigenvalue weighted by Crippen LogP contribution is -2.39. The molecule has 1 N–H and O–H groups in total. The molecule has 0 aromatic rings. The van der Waals surface area contributed by atoms with Crippen LogP contribution < -0.4 is 5.32 Å². The number of esters is 1. The fraction of sp³-hybridized carbons (Fsp3) is 0.929. The Labute approximate surface area is 110 Å². The molecule has 0 spiro atoms. The van der Waals surface area contributed by atoms with Gasteiger partial charge >= 0.3 is 5.97 Å². The summed E-state index contributed by atoms with van der Waals surface area (Å²) >= 11 is 0. The molecule has 4 atom stereocenters. The highest BCUT2D eigenvalue weighted by Gasteiger charge is 2.43. The van der Waals surface area contributed by atoms with Crippen LogP contribution in [0.5, 0.6) is 0 Å². The molecule has 4 nitrogen and oxygen atoms in total. The maximum Gasteiger partial charge on any atom is 0.309 e. The minimum absolute atomic E-state index is 0.00853. The third kappa shape index (κ3) is 2.69. The van der Waals surface area contributed by atoms with Gasteiger partial charge in [-0.15, -0.1) is 0 Å². The lowest BCUT2D eigenvalue weighted by atomic mass is 9.93. The summed E-state index contributed by atoms with van der Waals surface area (Å²) < 4.78 is 5.10. The fourth-order valence-electron chi connectivity index (χ4n) is 3.59. The van der Waals surface area contributed by atoms with E-state index in [2.05, 4.69) is 17.1 Å². The van der Waals surface area contributed by atoms with Gasteiger partial charge in [-0.3, -0.25) is 9.69 Å². The van der Waals surface area contributed by atoms with E-state index in [9.17, 15) is 4.79 Å². The predicted molar refractivity (Wildman–Crippen MR) is 71.3 cm³/mol. The molecule has 2 heterocycles. The second kappa shape index (κ2) is 6.02. The van der Waals surface area contributed by atoms with Crippen molar-refractivity contribution in [2.24, 2.45) is 17.8 Å². The third-order valence-corrected chi connectivity index (χ3v) is 4.44. The maximum absolute atomic E-state index is 11.7. The molecule has 0 amide bonds. The van der Waals surface area contributed by atoms with Crippen LogP contribution in [0.2, 0.25) is 0 Å². The molecule has 2 rings (SSSR count). The van der Waals surface area contributed by atoms with Gasteiger partial charge in [0.2, 0.25) is 0 Å². The zero-order valence-electron chi connectivity index (χ0n) is 11.8. The van der Waals surface area contributed by atoms with Gasteiger partial charge in [0.25, 0.3) is 0 Å². The lowest BCUT2D eigenvalue weighted by molar-refractivity contribution is -0.148. The van der Waals surface area contributed by atoms with Gasteiger partial charge in [-0.1, -0.05) is 13.8 Å². The summed E-state index contributed by atoms with van der Waals surface area (Å²) in [6.07, 6.45) is 1.18. The molecule has 2 aliphatic rings. The van der Waals surface area contributed by atoms with Crippen molar-refractivity contribution in [2.45, 2.75) is 33.2 Å². The molecule has 0 bridgehead atoms. The smallest absolute Gasteiger partial charge is 0.309 e. The van der Waals surface area contributed by atoms with Gasteiger partial charge in [0.15, 0.2) is 0 Å². The lowest BCUT2D eigenvalue weighted by Gasteiger charge is -2.28. The summed E-state index contributed by atoms with van der Waals surface area (Å²) in [5.74, 6) is 1.50. The van der Waals surface area contributed by atoms with Crippen molar-refractivity contribution in [3.8, 4) is 0 Å². The molecule has 0 aromatic carbocycles. The van der Waals surface area contributed by atoms with Crippen LogP contribution >= 0.6 is 0 Å². The Hall–Kier alpha value is -0.610. The van der Waals surface area contributed by atoms with E-state index < -0.39 is 0 Å². The Kier molecular flexibility index (Phi) is 4.62. The van der Waals surface area contributed by atoms with Crippen molar-refractivity contribution < 1.29 is 9.53 Å². The number of carbonyl (C=O) groups is 1. The summed E-state index contributed by atoms with van der Waals surface area (Å²) in [7, 11) is 0. The van der Waals surface area contributed by atoms with Crippen molar-refractivity contribution in [2.75, 3.05) is 32.8 Å². The van der Waals surface area contributed by atoms with Crippen molar-refractivity contribution >= 4 is 5.97 Å². The molecular weight excluding hydrogens is 228 g/mol. The normalized spacial score (nSPS) is 33.4. The number of rotatable bonds is 5. The van der Waals surface area contributed by atoms with E-state index >= 15 is 0 Å². The largest absolute Gasteiger partial charge is 0.466 e. The SMILES string of the molecule is CCOC(=O)C(C)CN1CC2CNCC2C1CC. The Balaban J connectivity index is 1.91. The van der Waals surface area contributed by atoms with Crippen molar-refractivity contribution in [1.82, 2.24) is 10.2 Å². The average molecular weight is 254 g/mol. The molecule has 4 heteroatoms. The first kappa shape index (κ1) is 13.8. The molecule has 0 radical (unpaired) electrons. The number of carbonyl (C=O) groups excluding carboxylic acids is 1. The first-order valence-corrected chi connectivity index (χ1v) is 7.28. The van der Waals surface area contributed by atoms with Gasteiger partial charge in [-0.25, -0.2) is 0 Å². The van der Waals surface area contributed by atoms with Gasteiger partial charge < -0.3 is 10.1 Å². The van der Waals surface area contributed by atoms with Crippen LogP contribution in [-0.2, 0) is 9.53 Å². The van der Waals surface area contributed by atoms with Crippen LogP contribution in [0, 0.1) is 17.8 Å². The van der Waals surface area contributed by atoms with Crippen LogP contribution in [0.1, 0.15) is 27.2 Å². The van der Waals surface area contributed by atoms with Crippen LogP contribution in [0.4, 0.5) is 0 Å². The third-order valence-electron chi connectivity index (χ3n) is 4.44. The van der Waals surface area contributed by atoms with E-state index in [4.69, 9.17) is 4.74 Å². The summed E-state index contributed by atoms with van der Waals surface area (Å²) in [4.78, 5) is 14.2. The van der Waals surface area contributed by atoms with E-state index in [-0.39, 0.29) is 11.9 Å². The Bertz CT molecular complexity index is 296. The van der Waals surface area contributed by atoms with Gasteiger partial charge in [-0.05, 0) is 38.3 Å². The Morgan fingerprint density at radius 3 is 2.89 bits per heavy atom. The van der Waals surface area contributed by atoms with Gasteiger partial charge in [0.1, 0.15) is 0 Å². The summed E-state index contributed by atoms with van der Waals surface area (Å²) in [6.45, 7) is 10.9. The Morgan fingerprint density at radius 1 is 1.44 bits per heavy atom. The second-order valence-corrected chi connectivity index (χ2v) is 5.66. The average Bonchev–Trinajstić information content (AvgIpc) is 2.89. The van der Waals surface area contributed by atoms with E-state index in [1.54, 1.807) is 0 Å². The van der Waals surface area contributed by atoms with Crippen molar-refractivity contribution in [3.63, 3.8) is 0 Å². The maximum atomic E-state index is 11.7. The summed E-state index contributed by atoms with van der Waals surface area (Å²) in [5, 5.41) is 3.49. The number of nitrogens with zero attached hydrogens (tertiary/aromatic N) is 1. The highest BCUT2D eigenvalue weighted by atomic mass is 16.5. The second-order valence-electron chi connectivity index (χ2n) is 5.66. The highest BCUT2D eigenvalue weighted by molar-refractivity contribution is 5.72. The van der Waals surface area contributed by atoms with E-state index in [1.807, 2.05) is 13.8 Å². The Morgan fingerprint density at radius 2 is 2.22 bits per heavy atom. The van der Waals surface area contributed by atoms with Gasteiger partial charge in [0, 0.05) is 19.1 Å². The van der Waals surface area contributed by atoms with Crippen LogP contribution in [-0.4, -0.2) is 49.7 Å². The van der Waals surface area contributed by atoms with Crippen molar-refractivity contribution in [3.05, 3.63) is 0 Å². The van der Waals surface area contributed by atoms with E-state index in [1.165, 1.54) is 6.42 Å². The zero-order chi connectivity index (χ0) is 13.1. The minimum Gasteiger partial charge on any atom is -0.466 e. The molecule has 2 aliphatic heterocycles. The molecule has 0 saturated carbocycles. The molecule has 2 fully saturated rings. The molecule has 0 aromatic heterocycles. The number of hydrogen-bond acceptors (Lipinski definition) is 4. The monoisotopic (exact) mass is 254 g/mol. The fourth-order valence-corrected chi connectivity index (χ4v) is 3.59. The number of nitrogens with one attached hydrogen (secondary N) is 1. The topological polar surface area (TPSA) is 41.6 Å². The number of fused-ring (bicyclic) bond motifs is 1. The van der Waals surface area contributed by atoms with Gasteiger partial charge in [-0.2, -0.15) is 0 Å². The van der Waals surface area contributed by atoms with Crippen LogP contribution in [0.3, 0.4) is 0 Å². The van der Waals surface area contributed by atoms with E-state index in [0.29, 0.717) is 12.6 Å². The molecule has 2 saturated heterocycles. The van der Waals surface area contributed by atoms with Crippen molar-refractivity contribution in [1.29, 1.82) is 0 Å². The molecule has 0 aliphatic carbocycles. The standard InChI is InChI=1S/C14H26N2O2/c1-4-13-12-7-15-6-11(12)9-16(13)8-10(3)14(17)18-5-2/h10-13,15H,4-9H2,1-3H3. The van der Waals surface area contributed by atoms with Crippen LogP contribution in [0.25, 0.3) is 0 Å². The summed E-state index contributed by atoms with van der Waals surface area (Å²) in [5.41, 5.74) is 0. The first-order valence-electron chi connectivity index (χ1n) is 7.28. The number of hydrogen-bond donors (Lipinski definition) is 1. The van der Waals surface area contributed by atoms with E-state index in [0.717, 1.165) is 38.0 Å². The zero-order valence-corrected chi connectivity index (χ0v) is 11.8. The molecular formula is C14H26N2O2. The number of ether oxygens (including phenoxy) is 1. The summed E-state index contributed by atoms with van der Waals surface area (Å²) in [6, 6.07) is 0.641. The number of likely N-dealkylation sites (tertiary alicyclic amines) is 1.